The SMILES string of the molecule is CC(C)OC1CO[C@H]2C(O[N+](=O)[O-])CO[C@@H]12. The Kier molecular flexibility index (Phi) is 3.27. The third kappa shape index (κ3) is 2.26. The molecule has 2 rings (SSSR count). The molecule has 2 aliphatic rings. The lowest BCUT2D eigenvalue weighted by Gasteiger charge is -2.18. The van der Waals surface area contributed by atoms with Gasteiger partial charge in [0.15, 0.2) is 6.10 Å². The van der Waals surface area contributed by atoms with E-state index >= 15 is 0 Å². The Hall–Kier alpha value is -0.920. The molecule has 2 saturated heterocycles. The highest BCUT2D eigenvalue weighted by atomic mass is 17.0. The van der Waals surface area contributed by atoms with Gasteiger partial charge in [0.1, 0.15) is 18.3 Å². The topological polar surface area (TPSA) is 80.1 Å². The predicted molar refractivity (Wildman–Crippen MR) is 51.4 cm³/mol. The average molecular weight is 233 g/mol. The number of hydrogen-bond donors (Lipinski definition) is 0. The van der Waals surface area contributed by atoms with Gasteiger partial charge in [-0.25, -0.2) is 0 Å². The van der Waals surface area contributed by atoms with Gasteiger partial charge in [-0.15, -0.1) is 10.1 Å². The molecular weight excluding hydrogens is 218 g/mol. The zero-order valence-electron chi connectivity index (χ0n) is 9.20. The number of fused-ring (bicyclic) bond motifs is 1. The van der Waals surface area contributed by atoms with Crippen molar-refractivity contribution in [1.29, 1.82) is 0 Å². The highest BCUT2D eigenvalue weighted by molar-refractivity contribution is 4.95. The van der Waals surface area contributed by atoms with Crippen LogP contribution in [0.2, 0.25) is 0 Å². The van der Waals surface area contributed by atoms with Crippen LogP contribution in [-0.4, -0.2) is 48.8 Å². The maximum atomic E-state index is 10.2. The van der Waals surface area contributed by atoms with E-state index in [9.17, 15) is 10.1 Å². The van der Waals surface area contributed by atoms with Gasteiger partial charge in [-0.05, 0) is 13.8 Å². The Morgan fingerprint density at radius 2 is 1.81 bits per heavy atom. The van der Waals surface area contributed by atoms with Gasteiger partial charge in [0.05, 0.1) is 19.3 Å². The lowest BCUT2D eigenvalue weighted by atomic mass is 10.1. The van der Waals surface area contributed by atoms with Crippen molar-refractivity contribution in [2.24, 2.45) is 0 Å². The standard InChI is InChI=1S/C9H15NO6/c1-5(2)15-6-3-13-9-7(16-10(11)12)4-14-8(6)9/h5-9H,3-4H2,1-2H3/t6?,7?,8-,9-/m0/s1. The van der Waals surface area contributed by atoms with Crippen LogP contribution in [0.1, 0.15) is 13.8 Å². The van der Waals surface area contributed by atoms with Crippen molar-refractivity contribution in [3.8, 4) is 0 Å². The molecule has 0 aromatic heterocycles. The quantitative estimate of drug-likeness (QED) is 0.508. The fraction of sp³-hybridized carbons (Fsp3) is 1.00. The van der Waals surface area contributed by atoms with E-state index in [-0.39, 0.29) is 24.9 Å². The summed E-state index contributed by atoms with van der Waals surface area (Å²) in [5, 5.41) is 9.43. The zero-order valence-corrected chi connectivity index (χ0v) is 9.20. The van der Waals surface area contributed by atoms with E-state index in [4.69, 9.17) is 14.2 Å². The van der Waals surface area contributed by atoms with Gasteiger partial charge in [0.25, 0.3) is 5.09 Å². The molecule has 0 aromatic rings. The largest absolute Gasteiger partial charge is 0.370 e. The number of hydrogen-bond acceptors (Lipinski definition) is 6. The minimum absolute atomic E-state index is 0.0754. The second kappa shape index (κ2) is 4.52. The van der Waals surface area contributed by atoms with E-state index in [1.165, 1.54) is 0 Å². The summed E-state index contributed by atoms with van der Waals surface area (Å²) >= 11 is 0. The Bertz CT molecular complexity index is 271. The molecular formula is C9H15NO6. The van der Waals surface area contributed by atoms with Crippen LogP contribution < -0.4 is 0 Å². The maximum absolute atomic E-state index is 10.2. The Balaban J connectivity index is 1.92. The maximum Gasteiger partial charge on any atom is 0.294 e. The molecule has 92 valence electrons. The zero-order chi connectivity index (χ0) is 11.7. The van der Waals surface area contributed by atoms with E-state index in [0.717, 1.165) is 0 Å². The van der Waals surface area contributed by atoms with Gasteiger partial charge in [0, 0.05) is 0 Å². The minimum atomic E-state index is -0.809. The number of ether oxygens (including phenoxy) is 3. The summed E-state index contributed by atoms with van der Waals surface area (Å²) in [6.07, 6.45) is -1.38. The molecule has 4 atom stereocenters. The molecule has 0 amide bonds. The molecule has 2 heterocycles. The molecule has 2 fully saturated rings. The second-order valence-electron chi connectivity index (χ2n) is 4.19. The second-order valence-corrected chi connectivity index (χ2v) is 4.19. The first-order chi connectivity index (χ1) is 7.58. The third-order valence-electron chi connectivity index (χ3n) is 2.63. The van der Waals surface area contributed by atoms with Gasteiger partial charge in [-0.2, -0.15) is 0 Å². The fourth-order valence-electron chi connectivity index (χ4n) is 2.10. The first kappa shape index (κ1) is 11.6. The summed E-state index contributed by atoms with van der Waals surface area (Å²) in [5.41, 5.74) is 0. The van der Waals surface area contributed by atoms with Crippen LogP contribution in [0, 0.1) is 10.1 Å². The summed E-state index contributed by atoms with van der Waals surface area (Å²) in [4.78, 5) is 14.7. The predicted octanol–water partition coefficient (Wildman–Crippen LogP) is 0.155. The van der Waals surface area contributed by atoms with Crippen molar-refractivity contribution in [2.45, 2.75) is 44.4 Å². The molecule has 0 aromatic carbocycles. The van der Waals surface area contributed by atoms with Crippen molar-refractivity contribution in [3.63, 3.8) is 0 Å². The van der Waals surface area contributed by atoms with E-state index in [1.807, 2.05) is 13.8 Å². The Labute approximate surface area is 92.7 Å². The number of rotatable bonds is 4. The third-order valence-corrected chi connectivity index (χ3v) is 2.63. The highest BCUT2D eigenvalue weighted by Gasteiger charge is 2.50. The van der Waals surface area contributed by atoms with Crippen LogP contribution in [-0.2, 0) is 19.0 Å². The van der Waals surface area contributed by atoms with Gasteiger partial charge in [-0.1, -0.05) is 0 Å². The molecule has 7 heteroatoms. The minimum Gasteiger partial charge on any atom is -0.370 e. The molecule has 0 N–H and O–H groups in total. The highest BCUT2D eigenvalue weighted by Crippen LogP contribution is 2.30. The molecule has 0 spiro atoms. The van der Waals surface area contributed by atoms with Crippen molar-refractivity contribution in [3.05, 3.63) is 10.1 Å². The monoisotopic (exact) mass is 233 g/mol. The summed E-state index contributed by atoms with van der Waals surface area (Å²) < 4.78 is 16.5. The van der Waals surface area contributed by atoms with Crippen LogP contribution in [0.3, 0.4) is 0 Å². The molecule has 0 aliphatic carbocycles. The molecule has 0 saturated carbocycles. The molecule has 0 radical (unpaired) electrons. The summed E-state index contributed by atoms with van der Waals surface area (Å²) in [5.74, 6) is 0. The van der Waals surface area contributed by atoms with Gasteiger partial charge in [0.2, 0.25) is 0 Å². The molecule has 2 aliphatic heterocycles. The first-order valence-electron chi connectivity index (χ1n) is 5.27. The lowest BCUT2D eigenvalue weighted by molar-refractivity contribution is -0.769. The Morgan fingerprint density at radius 1 is 1.25 bits per heavy atom. The van der Waals surface area contributed by atoms with Gasteiger partial charge in [-0.3, -0.25) is 0 Å². The van der Waals surface area contributed by atoms with E-state index in [0.29, 0.717) is 6.61 Å². The normalized spacial score (nSPS) is 37.7. The average Bonchev–Trinajstić information content (AvgIpc) is 2.70. The molecule has 7 nitrogen and oxygen atoms in total. The van der Waals surface area contributed by atoms with Crippen molar-refractivity contribution in [1.82, 2.24) is 0 Å². The smallest absolute Gasteiger partial charge is 0.294 e. The van der Waals surface area contributed by atoms with Crippen LogP contribution >= 0.6 is 0 Å². The summed E-state index contributed by atoms with van der Waals surface area (Å²) in [7, 11) is 0. The van der Waals surface area contributed by atoms with Crippen LogP contribution in [0.5, 0.6) is 0 Å². The fourth-order valence-corrected chi connectivity index (χ4v) is 2.10. The first-order valence-corrected chi connectivity index (χ1v) is 5.27. The molecule has 16 heavy (non-hydrogen) atoms. The molecule has 0 bridgehead atoms. The van der Waals surface area contributed by atoms with Crippen LogP contribution in [0.25, 0.3) is 0 Å². The van der Waals surface area contributed by atoms with Gasteiger partial charge >= 0.3 is 0 Å². The van der Waals surface area contributed by atoms with Crippen molar-refractivity contribution in [2.75, 3.05) is 13.2 Å². The van der Waals surface area contributed by atoms with Crippen LogP contribution in [0.4, 0.5) is 0 Å². The van der Waals surface area contributed by atoms with Gasteiger partial charge < -0.3 is 19.0 Å². The van der Waals surface area contributed by atoms with Crippen LogP contribution in [0.15, 0.2) is 0 Å². The van der Waals surface area contributed by atoms with E-state index in [1.54, 1.807) is 0 Å². The van der Waals surface area contributed by atoms with E-state index < -0.39 is 17.3 Å². The Morgan fingerprint density at radius 3 is 2.38 bits per heavy atom. The summed E-state index contributed by atoms with van der Waals surface area (Å²) in [6.45, 7) is 4.42. The van der Waals surface area contributed by atoms with Crippen molar-refractivity contribution >= 4 is 0 Å². The lowest BCUT2D eigenvalue weighted by Crippen LogP contribution is -2.35. The number of nitrogens with zero attached hydrogens (tertiary/aromatic N) is 1. The van der Waals surface area contributed by atoms with E-state index in [2.05, 4.69) is 4.84 Å². The van der Waals surface area contributed by atoms with Crippen molar-refractivity contribution < 1.29 is 24.1 Å². The molecule has 2 unspecified atom stereocenters. The summed E-state index contributed by atoms with van der Waals surface area (Å²) in [6, 6.07) is 0.